The van der Waals surface area contributed by atoms with E-state index in [1.165, 1.54) is 17.6 Å². The molecule has 3 aromatic heterocycles. The van der Waals surface area contributed by atoms with Crippen LogP contribution in [0.4, 0.5) is 11.6 Å². The molecule has 0 atom stereocenters. The van der Waals surface area contributed by atoms with Crippen molar-refractivity contribution < 1.29 is 17.9 Å². The number of rotatable bonds is 10. The Bertz CT molecular complexity index is 1320. The molecule has 37 heavy (non-hydrogen) atoms. The summed E-state index contributed by atoms with van der Waals surface area (Å²) in [7, 11) is 0.0680. The minimum atomic E-state index is -3.53. The fourth-order valence-electron chi connectivity index (χ4n) is 4.20. The Morgan fingerprint density at radius 1 is 1.27 bits per heavy atom. The number of nitrogens with zero attached hydrogens (tertiary/aromatic N) is 5. The second-order valence-corrected chi connectivity index (χ2v) is 12.0. The summed E-state index contributed by atoms with van der Waals surface area (Å²) in [5.74, 6) is 0.841. The molecule has 1 aliphatic heterocycles. The van der Waals surface area contributed by atoms with Crippen LogP contribution >= 0.6 is 11.3 Å². The van der Waals surface area contributed by atoms with Gasteiger partial charge in [-0.3, -0.25) is 4.72 Å². The lowest BCUT2D eigenvalue weighted by Gasteiger charge is -2.27. The molecule has 0 radical (unpaired) electrons. The van der Waals surface area contributed by atoms with Gasteiger partial charge in [-0.2, -0.15) is 0 Å². The molecule has 0 aromatic carbocycles. The van der Waals surface area contributed by atoms with Gasteiger partial charge in [-0.1, -0.05) is 20.8 Å². The van der Waals surface area contributed by atoms with E-state index in [2.05, 4.69) is 40.4 Å². The van der Waals surface area contributed by atoms with Crippen molar-refractivity contribution >= 4 is 43.2 Å². The number of unbranched alkanes of at least 4 members (excludes halogenated alkanes) is 1. The van der Waals surface area contributed by atoms with Crippen LogP contribution in [0.15, 0.2) is 12.3 Å². The van der Waals surface area contributed by atoms with E-state index in [4.69, 9.17) is 19.4 Å². The molecule has 0 bridgehead atoms. The first kappa shape index (κ1) is 29.0. The third-order valence-electron chi connectivity index (χ3n) is 6.05. The summed E-state index contributed by atoms with van der Waals surface area (Å²) in [6, 6.07) is 1.72. The van der Waals surface area contributed by atoms with Crippen LogP contribution in [0.3, 0.4) is 0 Å². The van der Waals surface area contributed by atoms with E-state index in [0.717, 1.165) is 48.1 Å². The molecule has 0 aliphatic carbocycles. The molecular weight excluding hydrogens is 512 g/mol. The van der Waals surface area contributed by atoms with E-state index in [1.807, 2.05) is 0 Å². The Morgan fingerprint density at radius 3 is 2.65 bits per heavy atom. The first-order valence-corrected chi connectivity index (χ1v) is 14.7. The van der Waals surface area contributed by atoms with Crippen LogP contribution in [-0.2, 0) is 21.3 Å². The molecule has 4 heterocycles. The molecule has 0 saturated carbocycles. The van der Waals surface area contributed by atoms with Crippen LogP contribution in [-0.4, -0.2) is 81.5 Å². The van der Waals surface area contributed by atoms with E-state index in [9.17, 15) is 8.42 Å². The molecule has 0 amide bonds. The molecule has 12 heteroatoms. The molecule has 1 N–H and O–H groups in total. The van der Waals surface area contributed by atoms with E-state index >= 15 is 0 Å². The molecule has 4 rings (SSSR count). The maximum Gasteiger partial charge on any atom is 0.238 e. The molecule has 1 aliphatic rings. The highest BCUT2D eigenvalue weighted by Crippen LogP contribution is 2.39. The SMILES string of the molecule is C.CCCCN(C)Cc1c(C)sc2c(-c3cnc(OC)c(NS(C)(=O)=O)c3)nc(N3CCOCC3)nc12. The van der Waals surface area contributed by atoms with Gasteiger partial charge in [0.25, 0.3) is 0 Å². The Hall–Kier alpha value is -2.54. The van der Waals surface area contributed by atoms with Gasteiger partial charge >= 0.3 is 0 Å². The maximum atomic E-state index is 12.0. The second-order valence-electron chi connectivity index (χ2n) is 9.03. The number of pyridine rings is 1. The highest BCUT2D eigenvalue weighted by atomic mass is 32.2. The summed E-state index contributed by atoms with van der Waals surface area (Å²) >= 11 is 1.66. The van der Waals surface area contributed by atoms with Gasteiger partial charge in [0, 0.05) is 41.8 Å². The van der Waals surface area contributed by atoms with Crippen LogP contribution in [0, 0.1) is 6.92 Å². The van der Waals surface area contributed by atoms with E-state index in [1.54, 1.807) is 23.6 Å². The predicted molar refractivity (Wildman–Crippen MR) is 151 cm³/mol. The average Bonchev–Trinajstić information content (AvgIpc) is 3.16. The Labute approximate surface area is 224 Å². The number of methoxy groups -OCH3 is 1. The summed E-state index contributed by atoms with van der Waals surface area (Å²) in [5.41, 5.74) is 3.81. The van der Waals surface area contributed by atoms with Crippen LogP contribution in [0.2, 0.25) is 0 Å². The van der Waals surface area contributed by atoms with Gasteiger partial charge in [-0.05, 0) is 33.0 Å². The second kappa shape index (κ2) is 12.3. The highest BCUT2D eigenvalue weighted by molar-refractivity contribution is 7.92. The van der Waals surface area contributed by atoms with Gasteiger partial charge in [-0.25, -0.2) is 23.4 Å². The van der Waals surface area contributed by atoms with Crippen molar-refractivity contribution in [1.29, 1.82) is 0 Å². The number of thiophene rings is 1. The highest BCUT2D eigenvalue weighted by Gasteiger charge is 2.23. The fraction of sp³-hybridized carbons (Fsp3) is 0.560. The normalized spacial score (nSPS) is 14.2. The standard InChI is InChI=1S/C24H34N6O4S2.CH4/c1-6-7-8-29(3)15-18-16(2)35-22-20(26-24(27-21(18)22)30-9-11-34-12-10-30)17-13-19(28-36(5,31)32)23(33-4)25-14-17;/h13-14,28H,6-12,15H2,1-5H3;1H4. The molecular formula is C25H38N6O4S2. The summed E-state index contributed by atoms with van der Waals surface area (Å²) in [6.45, 7) is 8.80. The Kier molecular flexibility index (Phi) is 9.68. The third-order valence-corrected chi connectivity index (χ3v) is 7.78. The summed E-state index contributed by atoms with van der Waals surface area (Å²) in [5, 5.41) is 0. The van der Waals surface area contributed by atoms with Crippen molar-refractivity contribution in [3.63, 3.8) is 0 Å². The van der Waals surface area contributed by atoms with Crippen molar-refractivity contribution in [3.8, 4) is 17.1 Å². The van der Waals surface area contributed by atoms with Gasteiger partial charge < -0.3 is 19.3 Å². The van der Waals surface area contributed by atoms with Crippen molar-refractivity contribution in [1.82, 2.24) is 19.9 Å². The molecule has 1 fully saturated rings. The molecule has 204 valence electrons. The quantitative estimate of drug-likeness (QED) is 0.398. The Balaban J connectivity index is 0.00000380. The monoisotopic (exact) mass is 550 g/mol. The molecule has 10 nitrogen and oxygen atoms in total. The molecule has 0 unspecified atom stereocenters. The Morgan fingerprint density at radius 2 is 2.00 bits per heavy atom. The summed E-state index contributed by atoms with van der Waals surface area (Å²) < 4.78 is 38.2. The largest absolute Gasteiger partial charge is 0.480 e. The summed E-state index contributed by atoms with van der Waals surface area (Å²) in [6.07, 6.45) is 5.06. The first-order valence-electron chi connectivity index (χ1n) is 12.0. The minimum Gasteiger partial charge on any atom is -0.480 e. The first-order chi connectivity index (χ1) is 17.2. The van der Waals surface area contributed by atoms with Gasteiger partial charge in [-0.15, -0.1) is 11.3 Å². The smallest absolute Gasteiger partial charge is 0.238 e. The van der Waals surface area contributed by atoms with E-state index < -0.39 is 10.0 Å². The van der Waals surface area contributed by atoms with Crippen molar-refractivity contribution in [2.45, 2.75) is 40.7 Å². The van der Waals surface area contributed by atoms with E-state index in [0.29, 0.717) is 37.8 Å². The molecule has 1 saturated heterocycles. The number of hydrogen-bond donors (Lipinski definition) is 1. The lowest BCUT2D eigenvalue weighted by atomic mass is 10.1. The van der Waals surface area contributed by atoms with Crippen molar-refractivity contribution in [2.24, 2.45) is 0 Å². The number of morpholine rings is 1. The maximum absolute atomic E-state index is 12.0. The lowest BCUT2D eigenvalue weighted by Crippen LogP contribution is -2.37. The third kappa shape index (κ3) is 6.86. The minimum absolute atomic E-state index is 0. The van der Waals surface area contributed by atoms with Crippen LogP contribution in [0.1, 0.15) is 37.6 Å². The molecule has 3 aromatic rings. The number of sulfonamides is 1. The number of aromatic nitrogens is 3. The van der Waals surface area contributed by atoms with E-state index in [-0.39, 0.29) is 19.0 Å². The number of anilines is 2. The summed E-state index contributed by atoms with van der Waals surface area (Å²) in [4.78, 5) is 20.0. The zero-order valence-electron chi connectivity index (χ0n) is 21.5. The van der Waals surface area contributed by atoms with Crippen LogP contribution in [0.5, 0.6) is 5.88 Å². The number of hydrogen-bond acceptors (Lipinski definition) is 10. The topological polar surface area (TPSA) is 110 Å². The van der Waals surface area contributed by atoms with Crippen molar-refractivity contribution in [2.75, 3.05) is 62.9 Å². The van der Waals surface area contributed by atoms with Gasteiger partial charge in [0.1, 0.15) is 5.69 Å². The number of nitrogens with one attached hydrogen (secondary N) is 1. The van der Waals surface area contributed by atoms with Crippen LogP contribution < -0.4 is 14.4 Å². The predicted octanol–water partition coefficient (Wildman–Crippen LogP) is 4.15. The fourth-order valence-corrected chi connectivity index (χ4v) is 5.86. The molecule has 0 spiro atoms. The zero-order chi connectivity index (χ0) is 25.9. The lowest BCUT2D eigenvalue weighted by molar-refractivity contribution is 0.122. The van der Waals surface area contributed by atoms with Gasteiger partial charge in [0.05, 0.1) is 42.5 Å². The van der Waals surface area contributed by atoms with Gasteiger partial charge in [0.15, 0.2) is 0 Å². The van der Waals surface area contributed by atoms with Crippen LogP contribution in [0.25, 0.3) is 21.5 Å². The van der Waals surface area contributed by atoms with Crippen molar-refractivity contribution in [3.05, 3.63) is 22.7 Å². The average molecular weight is 551 g/mol. The zero-order valence-corrected chi connectivity index (χ0v) is 23.1. The number of ether oxygens (including phenoxy) is 2. The van der Waals surface area contributed by atoms with Gasteiger partial charge in [0.2, 0.25) is 21.9 Å². The number of fused-ring (bicyclic) bond motifs is 1. The number of aryl methyl sites for hydroxylation is 1.